The third-order valence-electron chi connectivity index (χ3n) is 5.26. The fraction of sp³-hybridized carbons (Fsp3) is 0.423. The van der Waals surface area contributed by atoms with Crippen LogP contribution in [-0.2, 0) is 9.59 Å². The highest BCUT2D eigenvalue weighted by Crippen LogP contribution is 2.35. The molecule has 1 aromatic heterocycles. The second-order valence-corrected chi connectivity index (χ2v) is 9.45. The molecule has 4 N–H and O–H groups in total. The van der Waals surface area contributed by atoms with Gasteiger partial charge in [0.15, 0.2) is 16.6 Å². The number of hydrogen-bond acceptors (Lipinski definition) is 10. The molecule has 2 rings (SSSR count). The lowest BCUT2D eigenvalue weighted by molar-refractivity contribution is -0.134. The number of carboxylic acids is 2. The van der Waals surface area contributed by atoms with Crippen LogP contribution >= 0.6 is 11.3 Å². The smallest absolute Gasteiger partial charge is 0.328 e. The maximum atomic E-state index is 12.8. The number of aromatic nitrogens is 1. The predicted molar refractivity (Wildman–Crippen MR) is 150 cm³/mol. The Balaban J connectivity index is 0.000000869. The average Bonchev–Trinajstić information content (AvgIpc) is 3.37. The van der Waals surface area contributed by atoms with Crippen LogP contribution in [0.1, 0.15) is 48.5 Å². The molecule has 1 aromatic carbocycles. The molecule has 220 valence electrons. The van der Waals surface area contributed by atoms with Gasteiger partial charge in [0, 0.05) is 54.8 Å². The zero-order chi connectivity index (χ0) is 30.4. The first-order chi connectivity index (χ1) is 18.8. The topological polar surface area (TPSA) is 177 Å². The van der Waals surface area contributed by atoms with Gasteiger partial charge < -0.3 is 29.7 Å². The van der Waals surface area contributed by atoms with E-state index in [4.69, 9.17) is 24.4 Å². The second-order valence-electron chi connectivity index (χ2n) is 8.59. The summed E-state index contributed by atoms with van der Waals surface area (Å²) in [5.41, 5.74) is 0.513. The zero-order valence-corrected chi connectivity index (χ0v) is 24.3. The molecule has 0 saturated carbocycles. The van der Waals surface area contributed by atoms with Gasteiger partial charge in [-0.1, -0.05) is 0 Å². The molecule has 0 aliphatic rings. The van der Waals surface area contributed by atoms with E-state index in [0.29, 0.717) is 53.2 Å². The Morgan fingerprint density at radius 1 is 0.900 bits per heavy atom. The Kier molecular flexibility index (Phi) is 14.2. The van der Waals surface area contributed by atoms with Gasteiger partial charge in [-0.15, -0.1) is 11.3 Å². The van der Waals surface area contributed by atoms with Gasteiger partial charge >= 0.3 is 11.9 Å². The van der Waals surface area contributed by atoms with E-state index in [0.717, 1.165) is 6.54 Å². The van der Waals surface area contributed by atoms with Crippen LogP contribution in [0.4, 0.5) is 5.13 Å². The summed E-state index contributed by atoms with van der Waals surface area (Å²) >= 11 is 1.17. The van der Waals surface area contributed by atoms with E-state index in [1.807, 2.05) is 0 Å². The van der Waals surface area contributed by atoms with Crippen LogP contribution in [0.25, 0.3) is 0 Å². The number of thiazole rings is 1. The number of rotatable bonds is 13. The van der Waals surface area contributed by atoms with E-state index >= 15 is 0 Å². The van der Waals surface area contributed by atoms with E-state index in [9.17, 15) is 19.2 Å². The average molecular weight is 581 g/mol. The molecule has 0 saturated heterocycles. The van der Waals surface area contributed by atoms with E-state index in [1.54, 1.807) is 11.4 Å². The van der Waals surface area contributed by atoms with E-state index in [2.05, 4.69) is 48.2 Å². The summed E-state index contributed by atoms with van der Waals surface area (Å²) in [4.78, 5) is 50.9. The molecule has 2 aromatic rings. The van der Waals surface area contributed by atoms with Crippen molar-refractivity contribution in [3.05, 3.63) is 40.9 Å². The molecule has 0 unspecified atom stereocenters. The van der Waals surface area contributed by atoms with Gasteiger partial charge in [0.2, 0.25) is 0 Å². The highest BCUT2D eigenvalue weighted by molar-refractivity contribution is 7.14. The van der Waals surface area contributed by atoms with Crippen molar-refractivity contribution in [2.45, 2.75) is 39.8 Å². The second kappa shape index (κ2) is 16.7. The van der Waals surface area contributed by atoms with Gasteiger partial charge in [0.05, 0.1) is 26.9 Å². The standard InChI is InChI=1S/C22H32N4O5S.C4H4O4/c1-13(2)26(14(3)4)9-8-23-21(28)16-12-32-22(24-16)25-20(27)15-10-18(30-6)19(31-7)11-17(15)29-5;5-3(6)1-2-4(7)8/h10-14H,8-9H2,1-7H3,(H,23,28)(H,24,25,27);1-2H,(H,5,6)(H,7,8)/b;2-1-. The number of amides is 2. The number of anilines is 1. The fourth-order valence-electron chi connectivity index (χ4n) is 3.45. The Labute approximate surface area is 236 Å². The van der Waals surface area contributed by atoms with Crippen LogP contribution in [0, 0.1) is 0 Å². The molecule has 0 fully saturated rings. The number of benzene rings is 1. The normalized spacial score (nSPS) is 10.8. The van der Waals surface area contributed by atoms with Crippen LogP contribution in [0.5, 0.6) is 17.2 Å². The molecule has 0 radical (unpaired) electrons. The van der Waals surface area contributed by atoms with Gasteiger partial charge in [-0.05, 0) is 27.7 Å². The largest absolute Gasteiger partial charge is 0.496 e. The molecular formula is C26H36N4O9S. The Hall–Kier alpha value is -4.17. The van der Waals surface area contributed by atoms with Crippen molar-refractivity contribution < 1.29 is 43.6 Å². The van der Waals surface area contributed by atoms with Crippen LogP contribution in [0.3, 0.4) is 0 Å². The molecule has 0 aliphatic heterocycles. The van der Waals surface area contributed by atoms with Crippen molar-refractivity contribution in [3.8, 4) is 17.2 Å². The number of carbonyl (C=O) groups excluding carboxylic acids is 2. The van der Waals surface area contributed by atoms with Gasteiger partial charge in [-0.25, -0.2) is 14.6 Å². The molecule has 0 spiro atoms. The summed E-state index contributed by atoms with van der Waals surface area (Å²) < 4.78 is 15.8. The summed E-state index contributed by atoms with van der Waals surface area (Å²) in [5, 5.41) is 23.1. The van der Waals surface area contributed by atoms with Crippen molar-refractivity contribution in [1.82, 2.24) is 15.2 Å². The number of ether oxygens (including phenoxy) is 3. The van der Waals surface area contributed by atoms with Gasteiger partial charge in [0.25, 0.3) is 11.8 Å². The van der Waals surface area contributed by atoms with Gasteiger partial charge in [-0.3, -0.25) is 19.8 Å². The van der Waals surface area contributed by atoms with Crippen molar-refractivity contribution in [3.63, 3.8) is 0 Å². The summed E-state index contributed by atoms with van der Waals surface area (Å²) in [6.07, 6.45) is 1.12. The molecule has 2 amide bonds. The van der Waals surface area contributed by atoms with Crippen LogP contribution < -0.4 is 24.8 Å². The third-order valence-corrected chi connectivity index (χ3v) is 6.02. The molecule has 13 nitrogen and oxygen atoms in total. The molecule has 40 heavy (non-hydrogen) atoms. The number of carbonyl (C=O) groups is 4. The third kappa shape index (κ3) is 10.9. The first kappa shape index (κ1) is 33.9. The SMILES string of the molecule is COc1cc(OC)c(C(=O)Nc2nc(C(=O)NCCN(C(C)C)C(C)C)cs2)cc1OC.O=C(O)/C=C\C(=O)O. The lowest BCUT2D eigenvalue weighted by Gasteiger charge is -2.30. The highest BCUT2D eigenvalue weighted by Gasteiger charge is 2.20. The van der Waals surface area contributed by atoms with Gasteiger partial charge in [0.1, 0.15) is 11.4 Å². The minimum absolute atomic E-state index is 0.255. The van der Waals surface area contributed by atoms with E-state index in [1.165, 1.54) is 38.7 Å². The first-order valence-corrected chi connectivity index (χ1v) is 13.0. The molecule has 0 atom stereocenters. The predicted octanol–water partition coefficient (Wildman–Crippen LogP) is 2.98. The summed E-state index contributed by atoms with van der Waals surface area (Å²) in [5.74, 6) is -2.06. The Bertz CT molecular complexity index is 1170. The van der Waals surface area contributed by atoms with Crippen molar-refractivity contribution in [2.75, 3.05) is 39.7 Å². The Morgan fingerprint density at radius 3 is 1.90 bits per heavy atom. The van der Waals surface area contributed by atoms with Crippen LogP contribution in [0.2, 0.25) is 0 Å². The number of methoxy groups -OCH3 is 3. The molecule has 0 bridgehead atoms. The fourth-order valence-corrected chi connectivity index (χ4v) is 4.14. The number of nitrogens with zero attached hydrogens (tertiary/aromatic N) is 2. The summed E-state index contributed by atoms with van der Waals surface area (Å²) in [6, 6.07) is 3.89. The summed E-state index contributed by atoms with van der Waals surface area (Å²) in [7, 11) is 4.45. The first-order valence-electron chi connectivity index (χ1n) is 12.1. The van der Waals surface area contributed by atoms with Crippen molar-refractivity contribution >= 4 is 40.2 Å². The van der Waals surface area contributed by atoms with Crippen LogP contribution in [0.15, 0.2) is 29.7 Å². The van der Waals surface area contributed by atoms with Crippen molar-refractivity contribution in [1.29, 1.82) is 0 Å². The Morgan fingerprint density at radius 2 is 1.43 bits per heavy atom. The quantitative estimate of drug-likeness (QED) is 0.256. The highest BCUT2D eigenvalue weighted by atomic mass is 32.1. The minimum atomic E-state index is -1.26. The molecular weight excluding hydrogens is 544 g/mol. The minimum Gasteiger partial charge on any atom is -0.496 e. The maximum Gasteiger partial charge on any atom is 0.328 e. The van der Waals surface area contributed by atoms with E-state index < -0.39 is 17.8 Å². The number of aliphatic carboxylic acids is 2. The van der Waals surface area contributed by atoms with E-state index in [-0.39, 0.29) is 17.2 Å². The zero-order valence-electron chi connectivity index (χ0n) is 23.5. The number of hydrogen-bond donors (Lipinski definition) is 4. The monoisotopic (exact) mass is 580 g/mol. The lowest BCUT2D eigenvalue weighted by Crippen LogP contribution is -2.42. The van der Waals surface area contributed by atoms with Crippen LogP contribution in [-0.4, -0.2) is 90.4 Å². The molecule has 14 heteroatoms. The number of carboxylic acid groups (broad SMARTS) is 2. The number of nitrogens with one attached hydrogen (secondary N) is 2. The van der Waals surface area contributed by atoms with Gasteiger partial charge in [-0.2, -0.15) is 0 Å². The lowest BCUT2D eigenvalue weighted by atomic mass is 10.1. The summed E-state index contributed by atoms with van der Waals surface area (Å²) in [6.45, 7) is 9.77. The maximum absolute atomic E-state index is 12.8. The molecule has 0 aliphatic carbocycles. The molecule has 1 heterocycles. The van der Waals surface area contributed by atoms with Crippen molar-refractivity contribution in [2.24, 2.45) is 0 Å².